The molecule has 0 radical (unpaired) electrons. The topological polar surface area (TPSA) is 79.0 Å². The summed E-state index contributed by atoms with van der Waals surface area (Å²) in [6, 6.07) is 6.36. The number of carbonyl (C=O) groups is 1. The van der Waals surface area contributed by atoms with Crippen molar-refractivity contribution in [2.24, 2.45) is 0 Å². The van der Waals surface area contributed by atoms with Crippen molar-refractivity contribution in [2.45, 2.75) is 10.9 Å². The van der Waals surface area contributed by atoms with E-state index in [9.17, 15) is 13.2 Å². The number of amides is 1. The molecule has 0 atom stereocenters. The summed E-state index contributed by atoms with van der Waals surface area (Å²) in [5.41, 5.74) is 0.230. The van der Waals surface area contributed by atoms with Gasteiger partial charge in [0.25, 0.3) is 5.91 Å². The SMILES string of the molecule is CN(C1CNC1)S(=O)(=O)c1ccccc1C(=O)N1CCOCC1. The Hall–Kier alpha value is -1.48. The van der Waals surface area contributed by atoms with Gasteiger partial charge in [-0.3, -0.25) is 4.79 Å². The molecule has 1 aromatic carbocycles. The van der Waals surface area contributed by atoms with Crippen LogP contribution in [0.15, 0.2) is 29.2 Å². The molecule has 0 saturated carbocycles. The van der Waals surface area contributed by atoms with Crippen molar-refractivity contribution in [1.29, 1.82) is 0 Å². The van der Waals surface area contributed by atoms with Crippen LogP contribution >= 0.6 is 0 Å². The first-order valence-corrected chi connectivity index (χ1v) is 9.10. The van der Waals surface area contributed by atoms with Gasteiger partial charge in [0.1, 0.15) is 0 Å². The summed E-state index contributed by atoms with van der Waals surface area (Å²) >= 11 is 0. The third-order valence-corrected chi connectivity index (χ3v) is 6.32. The maximum absolute atomic E-state index is 12.9. The zero-order valence-electron chi connectivity index (χ0n) is 13.1. The molecular weight excluding hydrogens is 318 g/mol. The quantitative estimate of drug-likeness (QED) is 0.818. The second-order valence-electron chi connectivity index (χ2n) is 5.73. The predicted octanol–water partition coefficient (Wildman–Crippen LogP) is -0.249. The molecule has 0 aliphatic carbocycles. The largest absolute Gasteiger partial charge is 0.378 e. The lowest BCUT2D eigenvalue weighted by Crippen LogP contribution is -2.57. The molecule has 3 rings (SSSR count). The van der Waals surface area contributed by atoms with E-state index in [1.807, 2.05) is 0 Å². The zero-order valence-corrected chi connectivity index (χ0v) is 13.9. The second-order valence-corrected chi connectivity index (χ2v) is 7.70. The number of sulfonamides is 1. The molecule has 0 spiro atoms. The molecular formula is C15H21N3O4S. The van der Waals surface area contributed by atoms with Crippen molar-refractivity contribution in [3.8, 4) is 0 Å². The van der Waals surface area contributed by atoms with Crippen LogP contribution in [0, 0.1) is 0 Å². The van der Waals surface area contributed by atoms with Crippen molar-refractivity contribution in [1.82, 2.24) is 14.5 Å². The van der Waals surface area contributed by atoms with E-state index in [1.165, 1.54) is 10.4 Å². The highest BCUT2D eigenvalue weighted by Crippen LogP contribution is 2.23. The minimum Gasteiger partial charge on any atom is -0.378 e. The number of nitrogens with zero attached hydrogens (tertiary/aromatic N) is 2. The Morgan fingerprint density at radius 3 is 2.52 bits per heavy atom. The molecule has 23 heavy (non-hydrogen) atoms. The first kappa shape index (κ1) is 16.4. The van der Waals surface area contributed by atoms with Crippen LogP contribution in [0.1, 0.15) is 10.4 Å². The molecule has 1 aromatic rings. The molecule has 2 saturated heterocycles. The number of likely N-dealkylation sites (N-methyl/N-ethyl adjacent to an activating group) is 1. The molecule has 2 fully saturated rings. The Morgan fingerprint density at radius 2 is 1.91 bits per heavy atom. The lowest BCUT2D eigenvalue weighted by Gasteiger charge is -2.35. The first-order valence-electron chi connectivity index (χ1n) is 7.66. The van der Waals surface area contributed by atoms with Gasteiger partial charge in [0.2, 0.25) is 10.0 Å². The van der Waals surface area contributed by atoms with Gasteiger partial charge in [-0.1, -0.05) is 12.1 Å². The zero-order chi connectivity index (χ0) is 16.4. The summed E-state index contributed by atoms with van der Waals surface area (Å²) in [6.07, 6.45) is 0. The average Bonchev–Trinajstić information content (AvgIpc) is 2.53. The standard InChI is InChI=1S/C15H21N3O4S/c1-17(12-10-16-11-12)23(20,21)14-5-3-2-4-13(14)15(19)18-6-8-22-9-7-18/h2-5,12,16H,6-11H2,1H3. The Labute approximate surface area is 136 Å². The number of carbonyl (C=O) groups excluding carboxylic acids is 1. The molecule has 0 bridgehead atoms. The molecule has 2 aliphatic rings. The van der Waals surface area contributed by atoms with Gasteiger partial charge < -0.3 is 15.0 Å². The summed E-state index contributed by atoms with van der Waals surface area (Å²) in [6.45, 7) is 3.19. The molecule has 0 unspecified atom stereocenters. The van der Waals surface area contributed by atoms with Crippen LogP contribution in [-0.2, 0) is 14.8 Å². The van der Waals surface area contributed by atoms with Gasteiger partial charge in [-0.25, -0.2) is 8.42 Å². The summed E-state index contributed by atoms with van der Waals surface area (Å²) in [5.74, 6) is -0.257. The van der Waals surface area contributed by atoms with E-state index in [0.29, 0.717) is 39.4 Å². The Kier molecular flexibility index (Phi) is 4.67. The van der Waals surface area contributed by atoms with Crippen molar-refractivity contribution in [2.75, 3.05) is 46.4 Å². The van der Waals surface area contributed by atoms with Crippen LogP contribution < -0.4 is 5.32 Å². The highest BCUT2D eigenvalue weighted by atomic mass is 32.2. The number of hydrogen-bond donors (Lipinski definition) is 1. The molecule has 2 heterocycles. The maximum Gasteiger partial charge on any atom is 0.255 e. The minimum absolute atomic E-state index is 0.0634. The number of ether oxygens (including phenoxy) is 1. The van der Waals surface area contributed by atoms with Crippen molar-refractivity contribution in [3.63, 3.8) is 0 Å². The summed E-state index contributed by atoms with van der Waals surface area (Å²) in [5, 5.41) is 3.06. The highest BCUT2D eigenvalue weighted by molar-refractivity contribution is 7.89. The van der Waals surface area contributed by atoms with Crippen molar-refractivity contribution < 1.29 is 17.9 Å². The van der Waals surface area contributed by atoms with Crippen LogP contribution in [-0.4, -0.2) is 76.0 Å². The van der Waals surface area contributed by atoms with Gasteiger partial charge >= 0.3 is 0 Å². The van der Waals surface area contributed by atoms with Gasteiger partial charge in [0.15, 0.2) is 0 Å². The fourth-order valence-electron chi connectivity index (χ4n) is 2.69. The van der Waals surface area contributed by atoms with E-state index in [-0.39, 0.29) is 22.4 Å². The number of hydrogen-bond acceptors (Lipinski definition) is 5. The van der Waals surface area contributed by atoms with Crippen LogP contribution in [0.25, 0.3) is 0 Å². The Balaban J connectivity index is 1.92. The molecule has 0 aromatic heterocycles. The highest BCUT2D eigenvalue weighted by Gasteiger charge is 2.34. The Bertz CT molecular complexity index is 682. The number of benzene rings is 1. The van der Waals surface area contributed by atoms with E-state index in [0.717, 1.165) is 0 Å². The van der Waals surface area contributed by atoms with E-state index in [2.05, 4.69) is 5.32 Å². The van der Waals surface area contributed by atoms with E-state index < -0.39 is 10.0 Å². The monoisotopic (exact) mass is 339 g/mol. The number of nitrogens with one attached hydrogen (secondary N) is 1. The molecule has 1 N–H and O–H groups in total. The van der Waals surface area contributed by atoms with Crippen LogP contribution in [0.4, 0.5) is 0 Å². The van der Waals surface area contributed by atoms with Gasteiger partial charge in [-0.2, -0.15) is 4.31 Å². The number of rotatable bonds is 4. The van der Waals surface area contributed by atoms with E-state index in [1.54, 1.807) is 30.1 Å². The number of morpholine rings is 1. The van der Waals surface area contributed by atoms with E-state index >= 15 is 0 Å². The second kappa shape index (κ2) is 6.56. The van der Waals surface area contributed by atoms with Gasteiger partial charge in [-0.15, -0.1) is 0 Å². The predicted molar refractivity (Wildman–Crippen MR) is 84.8 cm³/mol. The molecule has 8 heteroatoms. The fourth-order valence-corrected chi connectivity index (χ4v) is 4.22. The summed E-state index contributed by atoms with van der Waals surface area (Å²) in [4.78, 5) is 14.4. The van der Waals surface area contributed by atoms with Crippen molar-refractivity contribution >= 4 is 15.9 Å². The lowest BCUT2D eigenvalue weighted by molar-refractivity contribution is 0.0300. The summed E-state index contributed by atoms with van der Waals surface area (Å²) in [7, 11) is -2.13. The molecule has 7 nitrogen and oxygen atoms in total. The molecule has 2 aliphatic heterocycles. The maximum atomic E-state index is 12.9. The third-order valence-electron chi connectivity index (χ3n) is 4.35. The molecule has 1 amide bonds. The van der Waals surface area contributed by atoms with Crippen LogP contribution in [0.3, 0.4) is 0 Å². The van der Waals surface area contributed by atoms with Gasteiger partial charge in [0.05, 0.1) is 23.7 Å². The normalized spacial score (nSPS) is 19.7. The lowest BCUT2D eigenvalue weighted by atomic mass is 10.2. The van der Waals surface area contributed by atoms with Crippen LogP contribution in [0.5, 0.6) is 0 Å². The van der Waals surface area contributed by atoms with Crippen LogP contribution in [0.2, 0.25) is 0 Å². The smallest absolute Gasteiger partial charge is 0.255 e. The van der Waals surface area contributed by atoms with Gasteiger partial charge in [0, 0.05) is 39.3 Å². The van der Waals surface area contributed by atoms with Gasteiger partial charge in [-0.05, 0) is 12.1 Å². The summed E-state index contributed by atoms with van der Waals surface area (Å²) < 4.78 is 32.4. The third kappa shape index (κ3) is 3.12. The Morgan fingerprint density at radius 1 is 1.26 bits per heavy atom. The van der Waals surface area contributed by atoms with E-state index in [4.69, 9.17) is 4.74 Å². The average molecular weight is 339 g/mol. The van der Waals surface area contributed by atoms with Crippen molar-refractivity contribution in [3.05, 3.63) is 29.8 Å². The minimum atomic E-state index is -3.70. The first-order chi connectivity index (χ1) is 11.0. The molecule has 126 valence electrons. The fraction of sp³-hybridized carbons (Fsp3) is 0.533.